The Bertz CT molecular complexity index is 1030. The SMILES string of the molecule is Cc1nc2ccccc2n1CCC(=O)NCc1ccc(C(=O)N2CCCCC2)cc1. The summed E-state index contributed by atoms with van der Waals surface area (Å²) in [6.45, 7) is 4.72. The van der Waals surface area contributed by atoms with Crippen molar-refractivity contribution in [2.45, 2.75) is 45.7 Å². The first-order valence-electron chi connectivity index (χ1n) is 10.7. The maximum Gasteiger partial charge on any atom is 0.253 e. The molecule has 0 aliphatic carbocycles. The zero-order chi connectivity index (χ0) is 20.9. The third kappa shape index (κ3) is 4.53. The molecule has 2 amide bonds. The number of benzene rings is 2. The van der Waals surface area contributed by atoms with Gasteiger partial charge in [0.25, 0.3) is 5.91 Å². The minimum atomic E-state index is 0.000603. The van der Waals surface area contributed by atoms with Crippen LogP contribution in [0.15, 0.2) is 48.5 Å². The van der Waals surface area contributed by atoms with E-state index in [4.69, 9.17) is 0 Å². The predicted octanol–water partition coefficient (Wildman–Crippen LogP) is 3.68. The molecule has 1 saturated heterocycles. The Hall–Kier alpha value is -3.15. The second-order valence-corrected chi connectivity index (χ2v) is 7.88. The van der Waals surface area contributed by atoms with Gasteiger partial charge in [0, 0.05) is 38.2 Å². The van der Waals surface area contributed by atoms with Crippen molar-refractivity contribution in [3.63, 3.8) is 0 Å². The van der Waals surface area contributed by atoms with Crippen LogP contribution in [-0.4, -0.2) is 39.4 Å². The standard InChI is InChI=1S/C24H28N4O2/c1-18-26-21-7-3-4-8-22(21)28(18)16-13-23(29)25-17-19-9-11-20(12-10-19)24(30)27-14-5-2-6-15-27/h3-4,7-12H,2,5-6,13-17H2,1H3,(H,25,29). The molecule has 30 heavy (non-hydrogen) atoms. The van der Waals surface area contributed by atoms with Gasteiger partial charge >= 0.3 is 0 Å². The molecular formula is C24H28N4O2. The van der Waals surface area contributed by atoms with Gasteiger partial charge in [-0.3, -0.25) is 9.59 Å². The fourth-order valence-electron chi connectivity index (χ4n) is 4.03. The molecule has 0 bridgehead atoms. The molecule has 0 radical (unpaired) electrons. The molecule has 156 valence electrons. The number of likely N-dealkylation sites (tertiary alicyclic amines) is 1. The number of nitrogens with one attached hydrogen (secondary N) is 1. The van der Waals surface area contributed by atoms with Crippen LogP contribution in [0.5, 0.6) is 0 Å². The summed E-state index contributed by atoms with van der Waals surface area (Å²) >= 11 is 0. The molecule has 3 aromatic rings. The lowest BCUT2D eigenvalue weighted by Gasteiger charge is -2.26. The van der Waals surface area contributed by atoms with Gasteiger partial charge in [-0.2, -0.15) is 0 Å². The third-order valence-corrected chi connectivity index (χ3v) is 5.74. The molecule has 2 aromatic carbocycles. The van der Waals surface area contributed by atoms with Crippen molar-refractivity contribution in [3.8, 4) is 0 Å². The Labute approximate surface area is 176 Å². The van der Waals surface area contributed by atoms with Crippen LogP contribution in [-0.2, 0) is 17.9 Å². The lowest BCUT2D eigenvalue weighted by molar-refractivity contribution is -0.121. The monoisotopic (exact) mass is 404 g/mol. The van der Waals surface area contributed by atoms with Crippen LogP contribution in [0.1, 0.15) is 47.4 Å². The van der Waals surface area contributed by atoms with Crippen molar-refractivity contribution in [1.29, 1.82) is 0 Å². The van der Waals surface area contributed by atoms with E-state index >= 15 is 0 Å². The van der Waals surface area contributed by atoms with E-state index in [1.54, 1.807) is 0 Å². The summed E-state index contributed by atoms with van der Waals surface area (Å²) in [7, 11) is 0. The third-order valence-electron chi connectivity index (χ3n) is 5.74. The van der Waals surface area contributed by atoms with Gasteiger partial charge in [-0.25, -0.2) is 4.98 Å². The highest BCUT2D eigenvalue weighted by Gasteiger charge is 2.17. The summed E-state index contributed by atoms with van der Waals surface area (Å²) in [5.41, 5.74) is 3.71. The summed E-state index contributed by atoms with van der Waals surface area (Å²) in [6, 6.07) is 15.5. The van der Waals surface area contributed by atoms with Crippen LogP contribution in [0.4, 0.5) is 0 Å². The molecular weight excluding hydrogens is 376 g/mol. The lowest BCUT2D eigenvalue weighted by Crippen LogP contribution is -2.35. The molecule has 4 rings (SSSR count). The van der Waals surface area contributed by atoms with Crippen molar-refractivity contribution >= 4 is 22.8 Å². The number of hydrogen-bond acceptors (Lipinski definition) is 3. The molecule has 0 saturated carbocycles. The van der Waals surface area contributed by atoms with Gasteiger partial charge in [-0.15, -0.1) is 0 Å². The molecule has 2 heterocycles. The molecule has 6 nitrogen and oxygen atoms in total. The molecule has 0 spiro atoms. The minimum absolute atomic E-state index is 0.000603. The molecule has 0 unspecified atom stereocenters. The van der Waals surface area contributed by atoms with E-state index < -0.39 is 0 Å². The predicted molar refractivity (Wildman–Crippen MR) is 117 cm³/mol. The average Bonchev–Trinajstić information content (AvgIpc) is 3.11. The molecule has 6 heteroatoms. The quantitative estimate of drug-likeness (QED) is 0.682. The Morgan fingerprint density at radius 1 is 1.00 bits per heavy atom. The number of carbonyl (C=O) groups excluding carboxylic acids is 2. The normalized spacial score (nSPS) is 14.1. The van der Waals surface area contributed by atoms with Crippen LogP contribution in [0, 0.1) is 6.92 Å². The zero-order valence-electron chi connectivity index (χ0n) is 17.4. The maximum atomic E-state index is 12.5. The number of rotatable bonds is 6. The van der Waals surface area contributed by atoms with Crippen LogP contribution < -0.4 is 5.32 Å². The lowest BCUT2D eigenvalue weighted by atomic mass is 10.1. The van der Waals surface area contributed by atoms with E-state index in [1.165, 1.54) is 6.42 Å². The van der Waals surface area contributed by atoms with Crippen LogP contribution in [0.25, 0.3) is 11.0 Å². The molecule has 1 N–H and O–H groups in total. The number of hydrogen-bond donors (Lipinski definition) is 1. The molecule has 1 aliphatic rings. The van der Waals surface area contributed by atoms with Gasteiger partial charge < -0.3 is 14.8 Å². The van der Waals surface area contributed by atoms with Crippen molar-refractivity contribution in [2.24, 2.45) is 0 Å². The molecule has 1 aromatic heterocycles. The zero-order valence-corrected chi connectivity index (χ0v) is 17.4. The fourth-order valence-corrected chi connectivity index (χ4v) is 4.03. The Morgan fingerprint density at radius 2 is 1.73 bits per heavy atom. The number of fused-ring (bicyclic) bond motifs is 1. The first-order chi connectivity index (χ1) is 14.6. The molecule has 1 aliphatic heterocycles. The van der Waals surface area contributed by atoms with Gasteiger partial charge in [0.05, 0.1) is 11.0 Å². The first-order valence-corrected chi connectivity index (χ1v) is 10.7. The number of piperidine rings is 1. The highest BCUT2D eigenvalue weighted by molar-refractivity contribution is 5.94. The van der Waals surface area contributed by atoms with Crippen LogP contribution in [0.2, 0.25) is 0 Å². The Morgan fingerprint density at radius 3 is 2.50 bits per heavy atom. The number of nitrogens with zero attached hydrogens (tertiary/aromatic N) is 3. The van der Waals surface area contributed by atoms with Gasteiger partial charge in [0.1, 0.15) is 5.82 Å². The largest absolute Gasteiger partial charge is 0.352 e. The number of aryl methyl sites for hydroxylation is 2. The van der Waals surface area contributed by atoms with E-state index in [2.05, 4.69) is 14.9 Å². The summed E-state index contributed by atoms with van der Waals surface area (Å²) in [5, 5.41) is 2.97. The van der Waals surface area contributed by atoms with Crippen LogP contribution in [0.3, 0.4) is 0 Å². The highest BCUT2D eigenvalue weighted by Crippen LogP contribution is 2.16. The van der Waals surface area contributed by atoms with Crippen LogP contribution >= 0.6 is 0 Å². The fraction of sp³-hybridized carbons (Fsp3) is 0.375. The average molecular weight is 405 g/mol. The van der Waals surface area contributed by atoms with Gasteiger partial charge in [0.2, 0.25) is 5.91 Å². The van der Waals surface area contributed by atoms with Crippen molar-refractivity contribution in [1.82, 2.24) is 19.8 Å². The van der Waals surface area contributed by atoms with Crippen molar-refractivity contribution in [2.75, 3.05) is 13.1 Å². The number of aromatic nitrogens is 2. The topological polar surface area (TPSA) is 67.2 Å². The Kier molecular flexibility index (Phi) is 6.12. The minimum Gasteiger partial charge on any atom is -0.352 e. The van der Waals surface area contributed by atoms with Gasteiger partial charge in [-0.05, 0) is 56.0 Å². The van der Waals surface area contributed by atoms with E-state index in [9.17, 15) is 9.59 Å². The second-order valence-electron chi connectivity index (χ2n) is 7.88. The first kappa shape index (κ1) is 20.1. The van der Waals surface area contributed by atoms with E-state index in [0.717, 1.165) is 53.9 Å². The van der Waals surface area contributed by atoms with E-state index in [1.807, 2.05) is 60.4 Å². The molecule has 0 atom stereocenters. The maximum absolute atomic E-state index is 12.5. The van der Waals surface area contributed by atoms with Gasteiger partial charge in [-0.1, -0.05) is 24.3 Å². The second kappa shape index (κ2) is 9.11. The van der Waals surface area contributed by atoms with Crippen molar-refractivity contribution in [3.05, 3.63) is 65.5 Å². The Balaban J connectivity index is 1.28. The highest BCUT2D eigenvalue weighted by atomic mass is 16.2. The van der Waals surface area contributed by atoms with E-state index in [-0.39, 0.29) is 11.8 Å². The molecule has 1 fully saturated rings. The number of imidazole rings is 1. The van der Waals surface area contributed by atoms with Crippen molar-refractivity contribution < 1.29 is 9.59 Å². The summed E-state index contributed by atoms with van der Waals surface area (Å²) in [6.07, 6.45) is 3.78. The summed E-state index contributed by atoms with van der Waals surface area (Å²) < 4.78 is 2.08. The van der Waals surface area contributed by atoms with E-state index in [0.29, 0.717) is 19.5 Å². The number of carbonyl (C=O) groups is 2. The van der Waals surface area contributed by atoms with Gasteiger partial charge in [0.15, 0.2) is 0 Å². The summed E-state index contributed by atoms with van der Waals surface area (Å²) in [5.74, 6) is 1.02. The smallest absolute Gasteiger partial charge is 0.253 e. The summed E-state index contributed by atoms with van der Waals surface area (Å²) in [4.78, 5) is 31.4. The number of para-hydroxylation sites is 2. The number of amides is 2.